The van der Waals surface area contributed by atoms with Crippen molar-refractivity contribution in [3.63, 3.8) is 0 Å². The number of hydrogen-bond acceptors (Lipinski definition) is 6. The molecular formula is C17H16ClFN4OS. The van der Waals surface area contributed by atoms with Crippen LogP contribution in [0.4, 0.5) is 10.2 Å². The van der Waals surface area contributed by atoms with E-state index in [-0.39, 0.29) is 11.7 Å². The molecule has 0 aliphatic heterocycles. The maximum atomic E-state index is 13.4. The van der Waals surface area contributed by atoms with Crippen molar-refractivity contribution in [3.8, 4) is 12.3 Å². The van der Waals surface area contributed by atoms with Gasteiger partial charge in [0.15, 0.2) is 11.4 Å². The second-order valence-corrected chi connectivity index (χ2v) is 6.91. The van der Waals surface area contributed by atoms with Gasteiger partial charge in [-0.15, -0.1) is 17.8 Å². The normalized spacial score (nSPS) is 13.6. The van der Waals surface area contributed by atoms with Gasteiger partial charge in [0.2, 0.25) is 5.28 Å². The van der Waals surface area contributed by atoms with Crippen LogP contribution in [0.5, 0.6) is 0 Å². The van der Waals surface area contributed by atoms with Crippen LogP contribution in [-0.2, 0) is 13.0 Å². The molecule has 2 unspecified atom stereocenters. The Labute approximate surface area is 153 Å². The number of nitrogens with zero attached hydrogens (tertiary/aromatic N) is 2. The van der Waals surface area contributed by atoms with Crippen molar-refractivity contribution in [1.29, 1.82) is 0 Å². The number of alkyl halides is 1. The van der Waals surface area contributed by atoms with E-state index in [4.69, 9.17) is 28.2 Å². The van der Waals surface area contributed by atoms with Crippen LogP contribution in [-0.4, -0.2) is 22.2 Å². The van der Waals surface area contributed by atoms with E-state index in [0.717, 1.165) is 4.88 Å². The number of nitrogens with two attached hydrogens (primary N) is 1. The van der Waals surface area contributed by atoms with Gasteiger partial charge in [-0.05, 0) is 30.0 Å². The highest BCUT2D eigenvalue weighted by atomic mass is 35.5. The minimum atomic E-state index is -1.19. The van der Waals surface area contributed by atoms with Gasteiger partial charge in [0.25, 0.3) is 0 Å². The SMILES string of the molecule is C#Cc1c(CC(N)C(C)F)oc2c(NCc3cccs3)nc(Cl)nc12. The number of hydrogen-bond donors (Lipinski definition) is 2. The fraction of sp³-hybridized carbons (Fsp3) is 0.294. The lowest BCUT2D eigenvalue weighted by Gasteiger charge is -2.10. The minimum absolute atomic E-state index is 0.0492. The zero-order valence-corrected chi connectivity index (χ0v) is 15.0. The van der Waals surface area contributed by atoms with Gasteiger partial charge in [-0.1, -0.05) is 12.0 Å². The molecule has 0 aliphatic rings. The monoisotopic (exact) mass is 378 g/mol. The van der Waals surface area contributed by atoms with Gasteiger partial charge < -0.3 is 15.5 Å². The summed E-state index contributed by atoms with van der Waals surface area (Å²) in [5.41, 5.74) is 7.04. The number of halogens is 2. The summed E-state index contributed by atoms with van der Waals surface area (Å²) in [5.74, 6) is 3.39. The van der Waals surface area contributed by atoms with Crippen molar-refractivity contribution in [2.45, 2.75) is 32.1 Å². The molecule has 0 radical (unpaired) electrons. The molecule has 0 spiro atoms. The Balaban J connectivity index is 2.00. The first-order chi connectivity index (χ1) is 12.0. The quantitative estimate of drug-likeness (QED) is 0.504. The largest absolute Gasteiger partial charge is 0.454 e. The average Bonchev–Trinajstić information content (AvgIpc) is 3.19. The number of aromatic nitrogens is 2. The van der Waals surface area contributed by atoms with Crippen molar-refractivity contribution in [3.05, 3.63) is 39.0 Å². The molecule has 0 aromatic carbocycles. The average molecular weight is 379 g/mol. The van der Waals surface area contributed by atoms with Crippen LogP contribution in [0.1, 0.15) is 23.1 Å². The topological polar surface area (TPSA) is 77.0 Å². The number of fused-ring (bicyclic) bond motifs is 1. The fourth-order valence-electron chi connectivity index (χ4n) is 2.37. The number of thiophene rings is 1. The summed E-state index contributed by atoms with van der Waals surface area (Å²) in [5, 5.41) is 5.21. The Kier molecular flexibility index (Phi) is 5.23. The van der Waals surface area contributed by atoms with Gasteiger partial charge in [0.05, 0.1) is 12.1 Å². The van der Waals surface area contributed by atoms with E-state index in [2.05, 4.69) is 21.2 Å². The Morgan fingerprint density at radius 3 is 2.96 bits per heavy atom. The van der Waals surface area contributed by atoms with E-state index < -0.39 is 12.2 Å². The summed E-state index contributed by atoms with van der Waals surface area (Å²) in [6.07, 6.45) is 4.57. The zero-order chi connectivity index (χ0) is 18.0. The predicted octanol–water partition coefficient (Wildman–Crippen LogP) is 3.76. The zero-order valence-electron chi connectivity index (χ0n) is 13.4. The van der Waals surface area contributed by atoms with Crippen LogP contribution in [0, 0.1) is 12.3 Å². The molecule has 3 heterocycles. The summed E-state index contributed by atoms with van der Waals surface area (Å²) < 4.78 is 19.2. The third kappa shape index (κ3) is 3.76. The molecule has 25 heavy (non-hydrogen) atoms. The first-order valence-corrected chi connectivity index (χ1v) is 8.86. The fourth-order valence-corrected chi connectivity index (χ4v) is 3.18. The molecule has 0 fully saturated rings. The molecule has 3 N–H and O–H groups in total. The Hall–Kier alpha value is -2.14. The van der Waals surface area contributed by atoms with Crippen molar-refractivity contribution in [2.75, 3.05) is 5.32 Å². The van der Waals surface area contributed by atoms with E-state index in [1.54, 1.807) is 11.3 Å². The molecule has 2 atom stereocenters. The molecule has 0 aliphatic carbocycles. The van der Waals surface area contributed by atoms with E-state index in [1.165, 1.54) is 6.92 Å². The number of furan rings is 1. The first-order valence-electron chi connectivity index (χ1n) is 7.61. The maximum Gasteiger partial charge on any atom is 0.225 e. The highest BCUT2D eigenvalue weighted by Crippen LogP contribution is 2.31. The van der Waals surface area contributed by atoms with E-state index >= 15 is 0 Å². The minimum Gasteiger partial charge on any atom is -0.454 e. The maximum absolute atomic E-state index is 13.4. The van der Waals surface area contributed by atoms with Crippen molar-refractivity contribution < 1.29 is 8.81 Å². The first kappa shape index (κ1) is 17.7. The number of rotatable bonds is 6. The lowest BCUT2D eigenvalue weighted by atomic mass is 10.1. The molecule has 0 bridgehead atoms. The van der Waals surface area contributed by atoms with Gasteiger partial charge in [-0.2, -0.15) is 4.98 Å². The lowest BCUT2D eigenvalue weighted by molar-refractivity contribution is 0.296. The Bertz CT molecular complexity index is 917. The van der Waals surface area contributed by atoms with Gasteiger partial charge >= 0.3 is 0 Å². The molecular weight excluding hydrogens is 363 g/mol. The molecule has 0 saturated carbocycles. The third-order valence-corrected chi connectivity index (χ3v) is 4.79. The van der Waals surface area contributed by atoms with Gasteiger partial charge in [0.1, 0.15) is 17.4 Å². The van der Waals surface area contributed by atoms with Gasteiger partial charge in [-0.25, -0.2) is 9.37 Å². The van der Waals surface area contributed by atoms with E-state index in [1.807, 2.05) is 17.5 Å². The summed E-state index contributed by atoms with van der Waals surface area (Å²) in [6, 6.07) is 3.24. The molecule has 8 heteroatoms. The smallest absolute Gasteiger partial charge is 0.225 e. The third-order valence-electron chi connectivity index (χ3n) is 3.74. The highest BCUT2D eigenvalue weighted by molar-refractivity contribution is 7.09. The standard InChI is InChI=1S/C17H16ClFN4OS/c1-3-11-13(7-12(20)9(2)19)24-15-14(11)22-17(18)23-16(15)21-8-10-5-4-6-25-10/h1,4-6,9,12H,7-8,20H2,2H3,(H,21,22,23). The molecule has 3 aromatic rings. The van der Waals surface area contributed by atoms with Gasteiger partial charge in [0, 0.05) is 17.3 Å². The van der Waals surface area contributed by atoms with E-state index in [0.29, 0.717) is 34.8 Å². The number of anilines is 1. The molecule has 3 aromatic heterocycles. The molecule has 3 rings (SSSR count). The Morgan fingerprint density at radius 2 is 2.32 bits per heavy atom. The van der Waals surface area contributed by atoms with Crippen molar-refractivity contribution >= 4 is 39.9 Å². The molecule has 130 valence electrons. The van der Waals surface area contributed by atoms with E-state index in [9.17, 15) is 4.39 Å². The van der Waals surface area contributed by atoms with Crippen molar-refractivity contribution in [1.82, 2.24) is 9.97 Å². The van der Waals surface area contributed by atoms with Gasteiger partial charge in [-0.3, -0.25) is 0 Å². The summed E-state index contributed by atoms with van der Waals surface area (Å²) in [6.45, 7) is 1.95. The lowest BCUT2D eigenvalue weighted by Crippen LogP contribution is -2.31. The molecule has 0 saturated heterocycles. The van der Waals surface area contributed by atoms with Crippen LogP contribution in [0.15, 0.2) is 21.9 Å². The van der Waals surface area contributed by atoms with Crippen LogP contribution in [0.2, 0.25) is 5.28 Å². The summed E-state index contributed by atoms with van der Waals surface area (Å²) in [7, 11) is 0. The Morgan fingerprint density at radius 1 is 1.52 bits per heavy atom. The summed E-state index contributed by atoms with van der Waals surface area (Å²) in [4.78, 5) is 9.48. The van der Waals surface area contributed by atoms with Crippen LogP contribution < -0.4 is 11.1 Å². The highest BCUT2D eigenvalue weighted by Gasteiger charge is 2.22. The predicted molar refractivity (Wildman–Crippen MR) is 98.6 cm³/mol. The molecule has 5 nitrogen and oxygen atoms in total. The van der Waals surface area contributed by atoms with Crippen LogP contribution in [0.3, 0.4) is 0 Å². The van der Waals surface area contributed by atoms with Crippen LogP contribution in [0.25, 0.3) is 11.1 Å². The van der Waals surface area contributed by atoms with Crippen molar-refractivity contribution in [2.24, 2.45) is 5.73 Å². The summed E-state index contributed by atoms with van der Waals surface area (Å²) >= 11 is 7.64. The van der Waals surface area contributed by atoms with Crippen LogP contribution >= 0.6 is 22.9 Å². The second-order valence-electron chi connectivity index (χ2n) is 5.54. The molecule has 0 amide bonds. The number of nitrogens with one attached hydrogen (secondary N) is 1. The number of terminal acetylenes is 1. The second kappa shape index (κ2) is 7.40.